The van der Waals surface area contributed by atoms with Crippen LogP contribution >= 0.6 is 0 Å². The van der Waals surface area contributed by atoms with Crippen molar-refractivity contribution in [3.8, 4) is 0 Å². The maximum Gasteiger partial charge on any atom is 0.249 e. The third-order valence-electron chi connectivity index (χ3n) is 6.55. The Morgan fingerprint density at radius 2 is 1.96 bits per heavy atom. The van der Waals surface area contributed by atoms with Gasteiger partial charge in [-0.1, -0.05) is 30.3 Å². The first kappa shape index (κ1) is 19.4. The van der Waals surface area contributed by atoms with E-state index in [1.54, 1.807) is 0 Å². The summed E-state index contributed by atoms with van der Waals surface area (Å²) < 4.78 is 11.4. The third-order valence-corrected chi connectivity index (χ3v) is 6.55. The lowest BCUT2D eigenvalue weighted by Crippen LogP contribution is -2.67. The van der Waals surface area contributed by atoms with Crippen LogP contribution in [0.2, 0.25) is 0 Å². The first-order chi connectivity index (χ1) is 13.5. The van der Waals surface area contributed by atoms with E-state index in [0.717, 1.165) is 38.0 Å². The molecule has 0 spiro atoms. The summed E-state index contributed by atoms with van der Waals surface area (Å²) in [6.07, 6.45) is 3.26. The molecular formula is C22H30N2O4. The molecule has 0 aliphatic carbocycles. The van der Waals surface area contributed by atoms with Crippen LogP contribution in [0.1, 0.15) is 38.2 Å². The summed E-state index contributed by atoms with van der Waals surface area (Å²) in [5.74, 6) is 0.621. The van der Waals surface area contributed by atoms with Crippen LogP contribution in [0.25, 0.3) is 0 Å². The summed E-state index contributed by atoms with van der Waals surface area (Å²) >= 11 is 0. The molecule has 4 rings (SSSR count). The number of carbonyl (C=O) groups excluding carboxylic acids is 2. The van der Waals surface area contributed by atoms with Gasteiger partial charge in [-0.05, 0) is 37.7 Å². The lowest BCUT2D eigenvalue weighted by Gasteiger charge is -2.53. The SMILES string of the molecule is C[C@@]12CCN(C(=O)CC3CCOCC3)C[C@H]1N(Cc1ccccc1)C(=O)CO2. The maximum atomic E-state index is 12.9. The molecule has 2 amide bonds. The number of rotatable bonds is 4. The second-order valence-corrected chi connectivity index (χ2v) is 8.47. The Bertz CT molecular complexity index is 704. The van der Waals surface area contributed by atoms with Crippen molar-refractivity contribution in [1.82, 2.24) is 9.80 Å². The minimum absolute atomic E-state index is 0.00468. The molecule has 1 aromatic rings. The summed E-state index contributed by atoms with van der Waals surface area (Å²) in [7, 11) is 0. The Morgan fingerprint density at radius 3 is 2.71 bits per heavy atom. The molecule has 0 aromatic heterocycles. The monoisotopic (exact) mass is 386 g/mol. The number of amides is 2. The molecule has 0 bridgehead atoms. The zero-order chi connectivity index (χ0) is 19.6. The topological polar surface area (TPSA) is 59.1 Å². The number of piperidine rings is 1. The molecule has 0 unspecified atom stereocenters. The first-order valence-electron chi connectivity index (χ1n) is 10.4. The Labute approximate surface area is 166 Å². The Kier molecular flexibility index (Phi) is 5.69. The molecule has 0 N–H and O–H groups in total. The summed E-state index contributed by atoms with van der Waals surface area (Å²) in [4.78, 5) is 29.5. The molecule has 0 radical (unpaired) electrons. The number of carbonyl (C=O) groups is 2. The van der Waals surface area contributed by atoms with Crippen molar-refractivity contribution >= 4 is 11.8 Å². The molecule has 152 valence electrons. The summed E-state index contributed by atoms with van der Waals surface area (Å²) in [5.41, 5.74) is 0.712. The van der Waals surface area contributed by atoms with Gasteiger partial charge in [-0.3, -0.25) is 9.59 Å². The van der Waals surface area contributed by atoms with Crippen LogP contribution in [-0.2, 0) is 25.6 Å². The lowest BCUT2D eigenvalue weighted by molar-refractivity contribution is -0.190. The zero-order valence-electron chi connectivity index (χ0n) is 16.6. The fourth-order valence-corrected chi connectivity index (χ4v) is 4.63. The molecule has 28 heavy (non-hydrogen) atoms. The van der Waals surface area contributed by atoms with Crippen LogP contribution in [-0.4, -0.2) is 66.2 Å². The van der Waals surface area contributed by atoms with Crippen LogP contribution in [0.4, 0.5) is 0 Å². The van der Waals surface area contributed by atoms with Gasteiger partial charge in [0.15, 0.2) is 0 Å². The molecule has 6 heteroatoms. The highest BCUT2D eigenvalue weighted by Gasteiger charge is 2.49. The van der Waals surface area contributed by atoms with Crippen molar-refractivity contribution in [3.05, 3.63) is 35.9 Å². The molecule has 6 nitrogen and oxygen atoms in total. The van der Waals surface area contributed by atoms with Gasteiger partial charge in [0.1, 0.15) is 6.61 Å². The van der Waals surface area contributed by atoms with Gasteiger partial charge in [-0.2, -0.15) is 0 Å². The number of likely N-dealkylation sites (tertiary alicyclic amines) is 1. The molecule has 3 aliphatic heterocycles. The number of hydrogen-bond acceptors (Lipinski definition) is 4. The molecule has 3 fully saturated rings. The molecule has 1 aromatic carbocycles. The average Bonchev–Trinajstić information content (AvgIpc) is 2.72. The van der Waals surface area contributed by atoms with Crippen LogP contribution in [0.15, 0.2) is 30.3 Å². The van der Waals surface area contributed by atoms with E-state index in [1.807, 2.05) is 40.1 Å². The normalized spacial score (nSPS) is 28.9. The van der Waals surface area contributed by atoms with Crippen molar-refractivity contribution in [1.29, 1.82) is 0 Å². The van der Waals surface area contributed by atoms with E-state index < -0.39 is 5.60 Å². The van der Waals surface area contributed by atoms with Crippen molar-refractivity contribution in [3.63, 3.8) is 0 Å². The fraction of sp³-hybridized carbons (Fsp3) is 0.636. The minimum atomic E-state index is -0.391. The van der Waals surface area contributed by atoms with Gasteiger partial charge in [0, 0.05) is 39.3 Å². The van der Waals surface area contributed by atoms with Crippen molar-refractivity contribution in [2.24, 2.45) is 5.92 Å². The summed E-state index contributed by atoms with van der Waals surface area (Å²) in [6.45, 7) is 5.53. The van der Waals surface area contributed by atoms with E-state index in [0.29, 0.717) is 32.0 Å². The fourth-order valence-electron chi connectivity index (χ4n) is 4.63. The van der Waals surface area contributed by atoms with Gasteiger partial charge in [0.05, 0.1) is 11.6 Å². The number of hydrogen-bond donors (Lipinski definition) is 0. The van der Waals surface area contributed by atoms with Crippen molar-refractivity contribution in [2.75, 3.05) is 32.9 Å². The molecule has 3 aliphatic rings. The Balaban J connectivity index is 1.46. The van der Waals surface area contributed by atoms with E-state index in [9.17, 15) is 9.59 Å². The summed E-state index contributed by atoms with van der Waals surface area (Å²) in [5, 5.41) is 0. The van der Waals surface area contributed by atoms with Gasteiger partial charge < -0.3 is 19.3 Å². The molecule has 0 saturated carbocycles. The quantitative estimate of drug-likeness (QED) is 0.796. The third kappa shape index (κ3) is 4.08. The minimum Gasteiger partial charge on any atom is -0.381 e. The lowest BCUT2D eigenvalue weighted by atomic mass is 9.84. The van der Waals surface area contributed by atoms with Crippen molar-refractivity contribution < 1.29 is 19.1 Å². The summed E-state index contributed by atoms with van der Waals surface area (Å²) in [6, 6.07) is 9.93. The van der Waals surface area contributed by atoms with Gasteiger partial charge in [-0.25, -0.2) is 0 Å². The van der Waals surface area contributed by atoms with Crippen LogP contribution in [0, 0.1) is 5.92 Å². The van der Waals surface area contributed by atoms with Gasteiger partial charge >= 0.3 is 0 Å². The number of benzene rings is 1. The van der Waals surface area contributed by atoms with Gasteiger partial charge in [-0.15, -0.1) is 0 Å². The highest BCUT2D eigenvalue weighted by molar-refractivity contribution is 5.80. The predicted octanol–water partition coefficient (Wildman–Crippen LogP) is 2.22. The zero-order valence-corrected chi connectivity index (χ0v) is 16.6. The van der Waals surface area contributed by atoms with E-state index >= 15 is 0 Å². The van der Waals surface area contributed by atoms with E-state index in [-0.39, 0.29) is 24.5 Å². The highest BCUT2D eigenvalue weighted by Crippen LogP contribution is 2.35. The number of nitrogens with zero attached hydrogens (tertiary/aromatic N) is 2. The molecule has 2 atom stereocenters. The predicted molar refractivity (Wildman–Crippen MR) is 104 cm³/mol. The Hall–Kier alpha value is -1.92. The van der Waals surface area contributed by atoms with E-state index in [1.165, 1.54) is 0 Å². The Morgan fingerprint density at radius 1 is 1.21 bits per heavy atom. The number of fused-ring (bicyclic) bond motifs is 1. The van der Waals surface area contributed by atoms with Crippen LogP contribution in [0.5, 0.6) is 0 Å². The average molecular weight is 386 g/mol. The molecule has 3 saturated heterocycles. The first-order valence-corrected chi connectivity index (χ1v) is 10.4. The van der Waals surface area contributed by atoms with Crippen LogP contribution in [0.3, 0.4) is 0 Å². The maximum absolute atomic E-state index is 12.9. The van der Waals surface area contributed by atoms with Crippen LogP contribution < -0.4 is 0 Å². The molecule has 3 heterocycles. The van der Waals surface area contributed by atoms with Crippen molar-refractivity contribution in [2.45, 2.75) is 50.8 Å². The van der Waals surface area contributed by atoms with Gasteiger partial charge in [0.2, 0.25) is 11.8 Å². The van der Waals surface area contributed by atoms with Gasteiger partial charge in [0.25, 0.3) is 0 Å². The number of morpholine rings is 1. The van der Waals surface area contributed by atoms with E-state index in [4.69, 9.17) is 9.47 Å². The smallest absolute Gasteiger partial charge is 0.249 e. The largest absolute Gasteiger partial charge is 0.381 e. The number of ether oxygens (including phenoxy) is 2. The van der Waals surface area contributed by atoms with E-state index in [2.05, 4.69) is 6.92 Å². The second-order valence-electron chi connectivity index (χ2n) is 8.47. The second kappa shape index (κ2) is 8.21. The standard InChI is InChI=1S/C22H30N2O4/c1-22-9-10-23(20(25)13-17-7-11-27-12-8-17)15-19(22)24(21(26)16-28-22)14-18-5-3-2-4-6-18/h2-6,17,19H,7-16H2,1H3/t19-,22-/m1/s1. The highest BCUT2D eigenvalue weighted by atomic mass is 16.5. The molecular weight excluding hydrogens is 356 g/mol.